The van der Waals surface area contributed by atoms with Gasteiger partial charge in [-0.3, -0.25) is 9.88 Å². The number of aromatic amines is 1. The van der Waals surface area contributed by atoms with Gasteiger partial charge in [-0.2, -0.15) is 0 Å². The number of allylic oxidation sites excluding steroid dienone is 1. The zero-order valence-electron chi connectivity index (χ0n) is 17.3. The first-order valence-corrected chi connectivity index (χ1v) is 10.8. The number of H-pyrrole nitrogens is 1. The van der Waals surface area contributed by atoms with E-state index >= 15 is 0 Å². The SMILES string of the molecule is C#C/C=C\c1nc(CN(C2CCCc3cccnc32)[C@H]2CC[C@@H](N)CC2)[nH]c1C. The molecule has 2 aromatic rings. The van der Waals surface area contributed by atoms with Gasteiger partial charge in [0, 0.05) is 24.0 Å². The first-order chi connectivity index (χ1) is 14.2. The Balaban J connectivity index is 1.63. The number of aromatic nitrogens is 3. The molecule has 2 aromatic heterocycles. The Hall–Kier alpha value is -2.42. The predicted molar refractivity (Wildman–Crippen MR) is 117 cm³/mol. The number of hydrogen-bond donors (Lipinski definition) is 2. The summed E-state index contributed by atoms with van der Waals surface area (Å²) in [5.41, 5.74) is 10.8. The molecular weight excluding hydrogens is 358 g/mol. The van der Waals surface area contributed by atoms with Crippen LogP contribution in [0.5, 0.6) is 0 Å². The number of pyridine rings is 1. The fourth-order valence-corrected chi connectivity index (χ4v) is 4.91. The molecule has 1 unspecified atom stereocenters. The van der Waals surface area contributed by atoms with Crippen LogP contribution in [-0.4, -0.2) is 31.9 Å². The lowest BCUT2D eigenvalue weighted by Crippen LogP contribution is -2.43. The van der Waals surface area contributed by atoms with E-state index in [9.17, 15) is 0 Å². The first kappa shape index (κ1) is 19.9. The van der Waals surface area contributed by atoms with Gasteiger partial charge in [-0.1, -0.05) is 12.0 Å². The summed E-state index contributed by atoms with van der Waals surface area (Å²) in [5, 5.41) is 0. The minimum atomic E-state index is 0.342. The zero-order valence-corrected chi connectivity index (χ0v) is 17.3. The van der Waals surface area contributed by atoms with Gasteiger partial charge in [0.15, 0.2) is 0 Å². The predicted octanol–water partition coefficient (Wildman–Crippen LogP) is 3.91. The van der Waals surface area contributed by atoms with E-state index in [4.69, 9.17) is 22.1 Å². The monoisotopic (exact) mass is 389 g/mol. The quantitative estimate of drug-likeness (QED) is 0.761. The number of terminal acetylenes is 1. The van der Waals surface area contributed by atoms with Crippen LogP contribution in [0.15, 0.2) is 24.4 Å². The molecule has 5 nitrogen and oxygen atoms in total. The molecule has 0 saturated heterocycles. The molecule has 0 aromatic carbocycles. The van der Waals surface area contributed by atoms with Crippen molar-refractivity contribution in [2.45, 2.75) is 76.5 Å². The second-order valence-corrected chi connectivity index (χ2v) is 8.39. The summed E-state index contributed by atoms with van der Waals surface area (Å²) >= 11 is 0. The van der Waals surface area contributed by atoms with Crippen LogP contribution in [0.1, 0.15) is 73.0 Å². The lowest BCUT2D eigenvalue weighted by Gasteiger charge is -2.42. The van der Waals surface area contributed by atoms with E-state index in [0.29, 0.717) is 18.1 Å². The standard InChI is InChI=1S/C24H31N5/c1-3-4-9-21-17(2)27-23(28-21)16-29(20-13-11-19(25)12-14-20)22-10-5-7-18-8-6-15-26-24(18)22/h1,4,6,8-9,15,19-20,22H,5,7,10-14,16,25H2,2H3,(H,27,28)/b9-4-/t19-,20+,22?. The molecule has 0 amide bonds. The number of nitrogens with one attached hydrogen (secondary N) is 1. The van der Waals surface area contributed by atoms with Crippen molar-refractivity contribution >= 4 is 6.08 Å². The van der Waals surface area contributed by atoms with E-state index in [1.165, 1.54) is 17.7 Å². The van der Waals surface area contributed by atoms with Crippen LogP contribution < -0.4 is 5.73 Å². The number of nitrogens with two attached hydrogens (primary N) is 1. The van der Waals surface area contributed by atoms with E-state index in [2.05, 4.69) is 27.9 Å². The summed E-state index contributed by atoms with van der Waals surface area (Å²) in [6.07, 6.45) is 18.9. The van der Waals surface area contributed by atoms with Crippen LogP contribution in [0.2, 0.25) is 0 Å². The minimum absolute atomic E-state index is 0.342. The molecule has 4 rings (SSSR count). The summed E-state index contributed by atoms with van der Waals surface area (Å²) in [4.78, 5) is 15.7. The molecular formula is C24H31N5. The summed E-state index contributed by atoms with van der Waals surface area (Å²) < 4.78 is 0. The Morgan fingerprint density at radius 1 is 1.31 bits per heavy atom. The highest BCUT2D eigenvalue weighted by Gasteiger charge is 2.34. The number of rotatable bonds is 5. The Kier molecular flexibility index (Phi) is 6.13. The molecule has 1 saturated carbocycles. The largest absolute Gasteiger partial charge is 0.344 e. The third kappa shape index (κ3) is 4.44. The lowest BCUT2D eigenvalue weighted by molar-refractivity contribution is 0.0759. The van der Waals surface area contributed by atoms with E-state index < -0.39 is 0 Å². The molecule has 1 fully saturated rings. The van der Waals surface area contributed by atoms with E-state index in [1.807, 2.05) is 19.2 Å². The summed E-state index contributed by atoms with van der Waals surface area (Å²) in [6.45, 7) is 2.85. The van der Waals surface area contributed by atoms with Gasteiger partial charge in [0.25, 0.3) is 0 Å². The van der Waals surface area contributed by atoms with Crippen LogP contribution in [0, 0.1) is 19.3 Å². The maximum Gasteiger partial charge on any atom is 0.121 e. The van der Waals surface area contributed by atoms with Crippen molar-refractivity contribution in [3.8, 4) is 12.3 Å². The highest BCUT2D eigenvalue weighted by Crippen LogP contribution is 2.37. The number of imidazole rings is 1. The average Bonchev–Trinajstić information content (AvgIpc) is 3.10. The zero-order chi connectivity index (χ0) is 20.2. The van der Waals surface area contributed by atoms with Crippen LogP contribution in [0.4, 0.5) is 0 Å². The summed E-state index contributed by atoms with van der Waals surface area (Å²) in [6, 6.07) is 5.50. The molecule has 0 bridgehead atoms. The first-order valence-electron chi connectivity index (χ1n) is 10.8. The van der Waals surface area contributed by atoms with Crippen molar-refractivity contribution < 1.29 is 0 Å². The van der Waals surface area contributed by atoms with Crippen LogP contribution >= 0.6 is 0 Å². The smallest absolute Gasteiger partial charge is 0.121 e. The highest BCUT2D eigenvalue weighted by atomic mass is 15.2. The number of nitrogens with zero attached hydrogens (tertiary/aromatic N) is 3. The van der Waals surface area contributed by atoms with Gasteiger partial charge >= 0.3 is 0 Å². The molecule has 1 atom stereocenters. The third-order valence-electron chi connectivity index (χ3n) is 6.42. The van der Waals surface area contributed by atoms with Gasteiger partial charge < -0.3 is 10.7 Å². The fraction of sp³-hybridized carbons (Fsp3) is 0.500. The molecule has 2 heterocycles. The summed E-state index contributed by atoms with van der Waals surface area (Å²) in [5.74, 6) is 3.54. The van der Waals surface area contributed by atoms with Gasteiger partial charge in [-0.25, -0.2) is 4.98 Å². The molecule has 29 heavy (non-hydrogen) atoms. The Morgan fingerprint density at radius 2 is 2.14 bits per heavy atom. The van der Waals surface area contributed by atoms with Crippen molar-refractivity contribution in [1.29, 1.82) is 0 Å². The van der Waals surface area contributed by atoms with Gasteiger partial charge in [-0.05, 0) is 75.7 Å². The highest BCUT2D eigenvalue weighted by molar-refractivity contribution is 5.50. The van der Waals surface area contributed by atoms with Crippen molar-refractivity contribution in [3.05, 3.63) is 52.9 Å². The molecule has 0 spiro atoms. The second-order valence-electron chi connectivity index (χ2n) is 8.39. The molecule has 0 radical (unpaired) electrons. The van der Waals surface area contributed by atoms with Crippen LogP contribution in [0.25, 0.3) is 6.08 Å². The van der Waals surface area contributed by atoms with Crippen molar-refractivity contribution in [2.24, 2.45) is 5.73 Å². The lowest BCUT2D eigenvalue weighted by atomic mass is 9.86. The minimum Gasteiger partial charge on any atom is -0.344 e. The van der Waals surface area contributed by atoms with Gasteiger partial charge in [0.1, 0.15) is 5.82 Å². The van der Waals surface area contributed by atoms with E-state index in [0.717, 1.165) is 62.3 Å². The maximum absolute atomic E-state index is 6.20. The van der Waals surface area contributed by atoms with Gasteiger partial charge in [-0.15, -0.1) is 6.42 Å². The topological polar surface area (TPSA) is 70.8 Å². The molecule has 152 valence electrons. The molecule has 2 aliphatic carbocycles. The Bertz CT molecular complexity index is 898. The molecule has 3 N–H and O–H groups in total. The number of fused-ring (bicyclic) bond motifs is 1. The van der Waals surface area contributed by atoms with Crippen LogP contribution in [-0.2, 0) is 13.0 Å². The number of hydrogen-bond acceptors (Lipinski definition) is 4. The van der Waals surface area contributed by atoms with Crippen molar-refractivity contribution in [1.82, 2.24) is 19.9 Å². The van der Waals surface area contributed by atoms with E-state index in [1.54, 1.807) is 6.08 Å². The Labute approximate surface area is 173 Å². The second kappa shape index (κ2) is 8.94. The van der Waals surface area contributed by atoms with E-state index in [-0.39, 0.29) is 0 Å². The fourth-order valence-electron chi connectivity index (χ4n) is 4.91. The summed E-state index contributed by atoms with van der Waals surface area (Å²) in [7, 11) is 0. The van der Waals surface area contributed by atoms with Gasteiger partial charge in [0.2, 0.25) is 0 Å². The van der Waals surface area contributed by atoms with Gasteiger partial charge in [0.05, 0.1) is 24.0 Å². The van der Waals surface area contributed by atoms with Crippen molar-refractivity contribution in [2.75, 3.05) is 0 Å². The maximum atomic E-state index is 6.20. The average molecular weight is 390 g/mol. The third-order valence-corrected chi connectivity index (χ3v) is 6.42. The Morgan fingerprint density at radius 3 is 2.93 bits per heavy atom. The molecule has 0 aliphatic heterocycles. The molecule has 5 heteroatoms. The molecule has 2 aliphatic rings. The van der Waals surface area contributed by atoms with Crippen molar-refractivity contribution in [3.63, 3.8) is 0 Å². The van der Waals surface area contributed by atoms with Crippen LogP contribution in [0.3, 0.4) is 0 Å². The number of aryl methyl sites for hydroxylation is 2. The normalized spacial score (nSPS) is 24.6.